The van der Waals surface area contributed by atoms with Crippen LogP contribution in [0.25, 0.3) is 17.0 Å². The van der Waals surface area contributed by atoms with Crippen LogP contribution in [0.2, 0.25) is 0 Å². The molecule has 1 aromatic heterocycles. The van der Waals surface area contributed by atoms with Crippen LogP contribution in [0.4, 0.5) is 0 Å². The summed E-state index contributed by atoms with van der Waals surface area (Å²) in [5, 5.41) is 10.3. The molecule has 0 spiro atoms. The van der Waals surface area contributed by atoms with Crippen LogP contribution >= 0.6 is 11.8 Å². The number of rotatable bonds is 5. The fourth-order valence-electron chi connectivity index (χ4n) is 2.87. The highest BCUT2D eigenvalue weighted by molar-refractivity contribution is 8.18. The van der Waals surface area contributed by atoms with Crippen molar-refractivity contribution in [2.45, 2.75) is 19.4 Å². The topological polar surface area (TPSA) is 136 Å². The number of pyridine rings is 1. The molecule has 1 aromatic carbocycles. The van der Waals surface area contributed by atoms with Gasteiger partial charge in [-0.25, -0.2) is 0 Å². The summed E-state index contributed by atoms with van der Waals surface area (Å²) < 4.78 is 27.8. The molecule has 0 aliphatic carbocycles. The van der Waals surface area contributed by atoms with Crippen molar-refractivity contribution in [1.29, 1.82) is 5.26 Å². The van der Waals surface area contributed by atoms with Crippen molar-refractivity contribution >= 4 is 49.9 Å². The quantitative estimate of drug-likeness (QED) is 0.577. The van der Waals surface area contributed by atoms with Crippen LogP contribution in [0, 0.1) is 11.3 Å². The first-order chi connectivity index (χ1) is 13.2. The minimum absolute atomic E-state index is 0.193. The average molecular weight is 416 g/mol. The van der Waals surface area contributed by atoms with Gasteiger partial charge in [0.2, 0.25) is 0 Å². The van der Waals surface area contributed by atoms with Crippen molar-refractivity contribution in [2.75, 3.05) is 6.26 Å². The Balaban J connectivity index is 2.05. The molecule has 2 aromatic rings. The second-order valence-corrected chi connectivity index (χ2v) is 8.88. The number of aromatic nitrogens is 1. The molecular weight excluding hydrogens is 400 g/mol. The van der Waals surface area contributed by atoms with Gasteiger partial charge in [-0.2, -0.15) is 18.7 Å². The van der Waals surface area contributed by atoms with E-state index in [1.807, 2.05) is 0 Å². The maximum Gasteiger partial charge on any atom is 0.286 e. The smallest absolute Gasteiger partial charge is 0.286 e. The van der Waals surface area contributed by atoms with Gasteiger partial charge in [0.25, 0.3) is 16.0 Å². The molecule has 1 unspecified atom stereocenters. The Kier molecular flexibility index (Phi) is 5.51. The summed E-state index contributed by atoms with van der Waals surface area (Å²) in [6.07, 6.45) is 3.64. The van der Waals surface area contributed by atoms with E-state index in [4.69, 9.17) is 9.92 Å². The third-order valence-electron chi connectivity index (χ3n) is 3.89. The van der Waals surface area contributed by atoms with Gasteiger partial charge in [0.1, 0.15) is 6.07 Å². The summed E-state index contributed by atoms with van der Waals surface area (Å²) in [6, 6.07) is 7.43. The lowest BCUT2D eigenvalue weighted by atomic mass is 9.97. The lowest BCUT2D eigenvalue weighted by molar-refractivity contribution is -0.113. The van der Waals surface area contributed by atoms with Gasteiger partial charge in [-0.3, -0.25) is 14.0 Å². The van der Waals surface area contributed by atoms with E-state index < -0.39 is 22.1 Å². The van der Waals surface area contributed by atoms with Crippen molar-refractivity contribution in [3.8, 4) is 6.07 Å². The zero-order valence-corrected chi connectivity index (χ0v) is 16.7. The standard InChI is InChI=1S/C18H16N4O4S2/c1-10(26-28(2,24)25)5-13-12(8-19)9-21-15-4-3-11(6-14(13)15)7-16-17(23)22-18(20)27-16/h3-4,6-7,9-10H,5H2,1-2H3,(H2,20,22,23)/b16-7-. The Bertz CT molecular complexity index is 1180. The number of fused-ring (bicyclic) bond motifs is 1. The summed E-state index contributed by atoms with van der Waals surface area (Å²) in [7, 11) is -3.62. The van der Waals surface area contributed by atoms with Crippen LogP contribution in [0.5, 0.6) is 0 Å². The molecule has 2 N–H and O–H groups in total. The number of amidine groups is 1. The zero-order valence-electron chi connectivity index (χ0n) is 15.0. The van der Waals surface area contributed by atoms with Gasteiger partial charge in [0, 0.05) is 18.0 Å². The number of nitrogens with two attached hydrogens (primary N) is 1. The van der Waals surface area contributed by atoms with Crippen LogP contribution in [-0.4, -0.2) is 36.8 Å². The first kappa shape index (κ1) is 20.0. The third kappa shape index (κ3) is 4.56. The first-order valence-corrected chi connectivity index (χ1v) is 10.8. The number of nitrogens with zero attached hydrogens (tertiary/aromatic N) is 3. The minimum Gasteiger partial charge on any atom is -0.378 e. The van der Waals surface area contributed by atoms with E-state index in [1.165, 1.54) is 6.20 Å². The lowest BCUT2D eigenvalue weighted by Crippen LogP contribution is -2.17. The van der Waals surface area contributed by atoms with Gasteiger partial charge >= 0.3 is 0 Å². The molecule has 2 heterocycles. The van der Waals surface area contributed by atoms with Crippen LogP contribution in [0.3, 0.4) is 0 Å². The van der Waals surface area contributed by atoms with Crippen molar-refractivity contribution < 1.29 is 17.4 Å². The van der Waals surface area contributed by atoms with Gasteiger partial charge in [-0.15, -0.1) is 0 Å². The molecule has 0 saturated carbocycles. The summed E-state index contributed by atoms with van der Waals surface area (Å²) in [4.78, 5) is 20.2. The maximum absolute atomic E-state index is 11.8. The SMILES string of the molecule is CC(Cc1c(C#N)cnc2ccc(/C=C3\SC(N)=NC3=O)cc12)OS(C)(=O)=O. The van der Waals surface area contributed by atoms with Gasteiger partial charge in [-0.1, -0.05) is 6.07 Å². The number of hydrogen-bond acceptors (Lipinski definition) is 8. The predicted octanol–water partition coefficient (Wildman–Crippen LogP) is 1.94. The fourth-order valence-corrected chi connectivity index (χ4v) is 4.21. The fraction of sp³-hybridized carbons (Fsp3) is 0.222. The number of hydrogen-bond donors (Lipinski definition) is 1. The molecule has 144 valence electrons. The van der Waals surface area contributed by atoms with E-state index in [2.05, 4.69) is 16.0 Å². The number of carbonyl (C=O) groups excluding carboxylic acids is 1. The van der Waals surface area contributed by atoms with E-state index in [0.29, 0.717) is 32.5 Å². The second-order valence-electron chi connectivity index (χ2n) is 6.22. The van der Waals surface area contributed by atoms with Crippen molar-refractivity contribution in [1.82, 2.24) is 4.98 Å². The highest BCUT2D eigenvalue weighted by Crippen LogP contribution is 2.29. The Morgan fingerprint density at radius 1 is 1.43 bits per heavy atom. The van der Waals surface area contributed by atoms with Crippen LogP contribution in [-0.2, 0) is 25.5 Å². The average Bonchev–Trinajstić information content (AvgIpc) is 2.91. The highest BCUT2D eigenvalue weighted by atomic mass is 32.2. The Labute approximate surface area is 166 Å². The molecule has 0 fully saturated rings. The lowest BCUT2D eigenvalue weighted by Gasteiger charge is -2.14. The molecule has 1 atom stereocenters. The minimum atomic E-state index is -3.62. The summed E-state index contributed by atoms with van der Waals surface area (Å²) in [6.45, 7) is 1.62. The maximum atomic E-state index is 11.8. The van der Waals surface area contributed by atoms with E-state index in [0.717, 1.165) is 18.0 Å². The summed E-state index contributed by atoms with van der Waals surface area (Å²) >= 11 is 1.09. The molecule has 10 heteroatoms. The predicted molar refractivity (Wildman–Crippen MR) is 108 cm³/mol. The normalized spacial score (nSPS) is 17.0. The van der Waals surface area contributed by atoms with E-state index >= 15 is 0 Å². The third-order valence-corrected chi connectivity index (χ3v) is 5.38. The van der Waals surface area contributed by atoms with Crippen LogP contribution in [0.15, 0.2) is 34.3 Å². The zero-order chi connectivity index (χ0) is 20.5. The van der Waals surface area contributed by atoms with E-state index in [1.54, 1.807) is 31.2 Å². The molecule has 0 saturated heterocycles. The number of thioether (sulfide) groups is 1. The molecule has 1 aliphatic rings. The second kappa shape index (κ2) is 7.71. The number of carbonyl (C=O) groups is 1. The largest absolute Gasteiger partial charge is 0.378 e. The van der Waals surface area contributed by atoms with E-state index in [9.17, 15) is 18.5 Å². The number of amides is 1. The highest BCUT2D eigenvalue weighted by Gasteiger charge is 2.20. The monoisotopic (exact) mass is 416 g/mol. The number of nitriles is 1. The van der Waals surface area contributed by atoms with Gasteiger partial charge in [-0.05, 0) is 48.0 Å². The van der Waals surface area contributed by atoms with Gasteiger partial charge in [0.15, 0.2) is 5.17 Å². The molecular formula is C18H16N4O4S2. The van der Waals surface area contributed by atoms with Gasteiger partial charge in [0.05, 0.1) is 28.3 Å². The first-order valence-electron chi connectivity index (χ1n) is 8.14. The molecule has 1 aliphatic heterocycles. The number of aliphatic imine (C=N–C) groups is 1. The van der Waals surface area contributed by atoms with Crippen molar-refractivity contribution in [2.24, 2.45) is 10.7 Å². The van der Waals surface area contributed by atoms with Crippen LogP contribution < -0.4 is 5.73 Å². The van der Waals surface area contributed by atoms with Crippen LogP contribution in [0.1, 0.15) is 23.6 Å². The Morgan fingerprint density at radius 3 is 2.79 bits per heavy atom. The summed E-state index contributed by atoms with van der Waals surface area (Å²) in [5.41, 5.74) is 7.89. The van der Waals surface area contributed by atoms with E-state index in [-0.39, 0.29) is 11.6 Å². The molecule has 3 rings (SSSR count). The van der Waals surface area contributed by atoms with Gasteiger partial charge < -0.3 is 5.73 Å². The molecule has 0 radical (unpaired) electrons. The molecule has 0 bridgehead atoms. The summed E-state index contributed by atoms with van der Waals surface area (Å²) in [5.74, 6) is -0.401. The Hall–Kier alpha value is -2.74. The molecule has 1 amide bonds. The molecule has 28 heavy (non-hydrogen) atoms. The van der Waals surface area contributed by atoms with Crippen molar-refractivity contribution in [3.05, 3.63) is 46.0 Å². The molecule has 8 nitrogen and oxygen atoms in total. The Morgan fingerprint density at radius 2 is 2.18 bits per heavy atom. The van der Waals surface area contributed by atoms with Crippen molar-refractivity contribution in [3.63, 3.8) is 0 Å². The number of benzene rings is 1.